The molecule has 4 heteroatoms. The fourth-order valence-corrected chi connectivity index (χ4v) is 1.38. The van der Waals surface area contributed by atoms with E-state index in [1.165, 1.54) is 0 Å². The van der Waals surface area contributed by atoms with Crippen LogP contribution in [0.15, 0.2) is 0 Å². The molecule has 1 heterocycles. The third-order valence-electron chi connectivity index (χ3n) is 2.01. The Bertz CT molecular complexity index is 239. The number of hydrogen-bond acceptors (Lipinski definition) is 4. The maximum absolute atomic E-state index is 4.43. The molecule has 0 bridgehead atoms. The molecule has 0 radical (unpaired) electrons. The van der Waals surface area contributed by atoms with Gasteiger partial charge in [0.05, 0.1) is 0 Å². The van der Waals surface area contributed by atoms with E-state index in [1.54, 1.807) is 0 Å². The third kappa shape index (κ3) is 3.81. The average molecular weight is 208 g/mol. The van der Waals surface area contributed by atoms with E-state index in [2.05, 4.69) is 34.1 Å². The molecule has 0 unspecified atom stereocenters. The third-order valence-corrected chi connectivity index (χ3v) is 2.01. The van der Waals surface area contributed by atoms with E-state index in [4.69, 9.17) is 0 Å². The molecule has 1 aromatic rings. The molecule has 1 N–H and O–H groups in total. The van der Waals surface area contributed by atoms with Crippen molar-refractivity contribution in [3.8, 4) is 0 Å². The zero-order valence-corrected chi connectivity index (χ0v) is 9.88. The van der Waals surface area contributed by atoms with Gasteiger partial charge in [-0.15, -0.1) is 0 Å². The predicted octanol–water partition coefficient (Wildman–Crippen LogP) is 2.21. The number of hydrogen-bond donors (Lipinski definition) is 1. The lowest BCUT2D eigenvalue weighted by Crippen LogP contribution is -2.09. The van der Waals surface area contributed by atoms with Gasteiger partial charge in [0.15, 0.2) is 0 Å². The van der Waals surface area contributed by atoms with Crippen molar-refractivity contribution in [3.63, 3.8) is 0 Å². The molecular formula is C11H20N4. The Morgan fingerprint density at radius 3 is 1.80 bits per heavy atom. The van der Waals surface area contributed by atoms with Gasteiger partial charge in [0.2, 0.25) is 5.95 Å². The predicted molar refractivity (Wildman–Crippen MR) is 62.0 cm³/mol. The minimum absolute atomic E-state index is 0.722. The maximum atomic E-state index is 4.43. The van der Waals surface area contributed by atoms with Crippen molar-refractivity contribution in [2.75, 3.05) is 11.9 Å². The summed E-state index contributed by atoms with van der Waals surface area (Å²) in [5, 5.41) is 3.14. The molecule has 0 spiro atoms. The smallest absolute Gasteiger partial charge is 0.226 e. The minimum atomic E-state index is 0.722. The number of nitrogens with zero attached hydrogens (tertiary/aromatic N) is 3. The van der Waals surface area contributed by atoms with Gasteiger partial charge in [-0.2, -0.15) is 9.97 Å². The summed E-state index contributed by atoms with van der Waals surface area (Å²) < 4.78 is 0. The second-order valence-electron chi connectivity index (χ2n) is 3.52. The van der Waals surface area contributed by atoms with Crippen LogP contribution in [-0.4, -0.2) is 21.5 Å². The molecule has 0 aromatic carbocycles. The van der Waals surface area contributed by atoms with Crippen molar-refractivity contribution in [2.24, 2.45) is 0 Å². The van der Waals surface area contributed by atoms with Gasteiger partial charge < -0.3 is 5.32 Å². The first-order chi connectivity index (χ1) is 7.30. The fraction of sp³-hybridized carbons (Fsp3) is 0.727. The molecule has 0 fully saturated rings. The summed E-state index contributed by atoms with van der Waals surface area (Å²) in [6.45, 7) is 7.16. The van der Waals surface area contributed by atoms with E-state index in [9.17, 15) is 0 Å². The number of nitrogens with one attached hydrogen (secondary N) is 1. The van der Waals surface area contributed by atoms with Crippen molar-refractivity contribution in [1.29, 1.82) is 0 Å². The van der Waals surface area contributed by atoms with Crippen LogP contribution in [0.4, 0.5) is 5.95 Å². The van der Waals surface area contributed by atoms with Crippen molar-refractivity contribution < 1.29 is 0 Å². The van der Waals surface area contributed by atoms with Gasteiger partial charge in [-0.1, -0.05) is 13.8 Å². The summed E-state index contributed by atoms with van der Waals surface area (Å²) in [6, 6.07) is 0. The van der Waals surface area contributed by atoms with Crippen LogP contribution in [0.25, 0.3) is 0 Å². The molecule has 1 aromatic heterocycles. The second kappa shape index (κ2) is 6.32. The molecule has 0 aliphatic heterocycles. The highest BCUT2D eigenvalue weighted by molar-refractivity contribution is 5.24. The lowest BCUT2D eigenvalue weighted by Gasteiger charge is -2.06. The molecular weight excluding hydrogens is 188 g/mol. The van der Waals surface area contributed by atoms with Gasteiger partial charge in [-0.3, -0.25) is 0 Å². The quantitative estimate of drug-likeness (QED) is 0.778. The maximum Gasteiger partial charge on any atom is 0.226 e. The lowest BCUT2D eigenvalue weighted by atomic mass is 10.3. The zero-order valence-electron chi connectivity index (χ0n) is 9.88. The van der Waals surface area contributed by atoms with E-state index in [0.717, 1.165) is 49.8 Å². The fourth-order valence-electron chi connectivity index (χ4n) is 1.38. The van der Waals surface area contributed by atoms with Crippen molar-refractivity contribution in [2.45, 2.75) is 46.5 Å². The monoisotopic (exact) mass is 208 g/mol. The molecule has 0 aliphatic carbocycles. The zero-order chi connectivity index (χ0) is 11.1. The van der Waals surface area contributed by atoms with Gasteiger partial charge in [0.25, 0.3) is 0 Å². The SMILES string of the molecule is CCCc1nc(CCC)nc(NCC)n1. The Kier molecular flexibility index (Phi) is 5.01. The van der Waals surface area contributed by atoms with Crippen molar-refractivity contribution in [1.82, 2.24) is 15.0 Å². The van der Waals surface area contributed by atoms with E-state index < -0.39 is 0 Å². The highest BCUT2D eigenvalue weighted by Gasteiger charge is 2.04. The summed E-state index contributed by atoms with van der Waals surface area (Å²) in [5.41, 5.74) is 0. The van der Waals surface area contributed by atoms with Crippen LogP contribution in [0.3, 0.4) is 0 Å². The minimum Gasteiger partial charge on any atom is -0.354 e. The van der Waals surface area contributed by atoms with E-state index in [-0.39, 0.29) is 0 Å². The Labute approximate surface area is 91.6 Å². The topological polar surface area (TPSA) is 50.7 Å². The van der Waals surface area contributed by atoms with Crippen LogP contribution in [0.2, 0.25) is 0 Å². The molecule has 84 valence electrons. The van der Waals surface area contributed by atoms with Crippen molar-refractivity contribution in [3.05, 3.63) is 11.6 Å². The Morgan fingerprint density at radius 2 is 1.40 bits per heavy atom. The molecule has 0 aliphatic rings. The van der Waals surface area contributed by atoms with Gasteiger partial charge >= 0.3 is 0 Å². The van der Waals surface area contributed by atoms with Gasteiger partial charge in [0, 0.05) is 19.4 Å². The van der Waals surface area contributed by atoms with E-state index in [0.29, 0.717) is 0 Å². The van der Waals surface area contributed by atoms with Gasteiger partial charge in [-0.05, 0) is 19.8 Å². The average Bonchev–Trinajstić information content (AvgIpc) is 2.19. The number of anilines is 1. The van der Waals surface area contributed by atoms with Crippen LogP contribution >= 0.6 is 0 Å². The summed E-state index contributed by atoms with van der Waals surface area (Å²) in [6.07, 6.45) is 4.00. The summed E-state index contributed by atoms with van der Waals surface area (Å²) in [5.74, 6) is 2.54. The van der Waals surface area contributed by atoms with Crippen LogP contribution in [0.5, 0.6) is 0 Å². The Morgan fingerprint density at radius 1 is 0.867 bits per heavy atom. The van der Waals surface area contributed by atoms with Crippen LogP contribution < -0.4 is 5.32 Å². The first kappa shape index (κ1) is 11.9. The molecule has 15 heavy (non-hydrogen) atoms. The normalized spacial score (nSPS) is 10.3. The molecule has 0 amide bonds. The van der Waals surface area contributed by atoms with Crippen molar-refractivity contribution >= 4 is 5.95 Å². The van der Waals surface area contributed by atoms with Gasteiger partial charge in [0.1, 0.15) is 11.6 Å². The number of aryl methyl sites for hydroxylation is 2. The standard InChI is InChI=1S/C11H20N4/c1-4-7-9-13-10(8-5-2)15-11(14-9)12-6-3/h4-8H2,1-3H3,(H,12,13,14,15). The summed E-state index contributed by atoms with van der Waals surface area (Å²) >= 11 is 0. The van der Waals surface area contributed by atoms with Crippen LogP contribution in [0, 0.1) is 0 Å². The van der Waals surface area contributed by atoms with Gasteiger partial charge in [-0.25, -0.2) is 4.98 Å². The number of aromatic nitrogens is 3. The molecule has 1 rings (SSSR count). The largest absolute Gasteiger partial charge is 0.354 e. The van der Waals surface area contributed by atoms with Crippen LogP contribution in [0.1, 0.15) is 45.3 Å². The molecule has 0 saturated heterocycles. The molecule has 0 atom stereocenters. The Hall–Kier alpha value is -1.19. The Balaban J connectivity index is 2.86. The second-order valence-corrected chi connectivity index (χ2v) is 3.52. The lowest BCUT2D eigenvalue weighted by molar-refractivity contribution is 0.756. The van der Waals surface area contributed by atoms with E-state index in [1.807, 2.05) is 6.92 Å². The molecule has 4 nitrogen and oxygen atoms in total. The first-order valence-electron chi connectivity index (χ1n) is 5.77. The number of rotatable bonds is 6. The first-order valence-corrected chi connectivity index (χ1v) is 5.77. The summed E-state index contributed by atoms with van der Waals surface area (Å²) in [7, 11) is 0. The summed E-state index contributed by atoms with van der Waals surface area (Å²) in [4.78, 5) is 13.2. The molecule has 0 saturated carbocycles. The van der Waals surface area contributed by atoms with Crippen LogP contribution in [-0.2, 0) is 12.8 Å². The highest BCUT2D eigenvalue weighted by Crippen LogP contribution is 2.05. The highest BCUT2D eigenvalue weighted by atomic mass is 15.1. The van der Waals surface area contributed by atoms with E-state index >= 15 is 0 Å².